The number of amides is 2. The Morgan fingerprint density at radius 2 is 1.96 bits per heavy atom. The van der Waals surface area contributed by atoms with E-state index < -0.39 is 24.7 Å². The molecule has 0 radical (unpaired) electrons. The summed E-state index contributed by atoms with van der Waals surface area (Å²) in [6.45, 7) is 1.37. The zero-order valence-electron chi connectivity index (χ0n) is 12.4. The summed E-state index contributed by atoms with van der Waals surface area (Å²) >= 11 is 1.11. The summed E-state index contributed by atoms with van der Waals surface area (Å²) in [5.41, 5.74) is 0. The molecule has 1 unspecified atom stereocenters. The number of alkyl halides is 3. The fourth-order valence-corrected chi connectivity index (χ4v) is 3.28. The van der Waals surface area contributed by atoms with Crippen molar-refractivity contribution in [2.75, 3.05) is 51.6 Å². The average Bonchev–Trinajstić information content (AvgIpc) is 2.84. The van der Waals surface area contributed by atoms with Gasteiger partial charge in [-0.2, -0.15) is 13.2 Å². The molecule has 2 saturated heterocycles. The van der Waals surface area contributed by atoms with Crippen LogP contribution in [-0.2, 0) is 4.79 Å². The Balaban J connectivity index is 0.00000264. The first-order valence-electron chi connectivity index (χ1n) is 7.08. The minimum absolute atomic E-state index is 0. The number of carbonyl (C=O) groups is 2. The van der Waals surface area contributed by atoms with Crippen molar-refractivity contribution in [2.45, 2.75) is 12.2 Å². The lowest BCUT2D eigenvalue weighted by atomic mass is 10.2. The maximum Gasteiger partial charge on any atom is 0.405 e. The molecule has 2 amide bonds. The highest BCUT2D eigenvalue weighted by Crippen LogP contribution is 2.24. The third kappa shape index (κ3) is 6.02. The fourth-order valence-electron chi connectivity index (χ4n) is 2.45. The molecule has 134 valence electrons. The molecule has 0 aliphatic carbocycles. The minimum Gasteiger partial charge on any atom is -0.353 e. The number of halogens is 4. The van der Waals surface area contributed by atoms with Gasteiger partial charge in [0.15, 0.2) is 0 Å². The van der Waals surface area contributed by atoms with Gasteiger partial charge in [-0.15, -0.1) is 12.4 Å². The van der Waals surface area contributed by atoms with Crippen LogP contribution in [0.5, 0.6) is 0 Å². The van der Waals surface area contributed by atoms with E-state index >= 15 is 0 Å². The zero-order chi connectivity index (χ0) is 16.2. The summed E-state index contributed by atoms with van der Waals surface area (Å²) in [7, 11) is 0. The molecule has 2 heterocycles. The second-order valence-electron chi connectivity index (χ2n) is 5.18. The number of nitrogens with zero attached hydrogens (tertiary/aromatic N) is 2. The molecule has 0 spiro atoms. The first-order chi connectivity index (χ1) is 10.4. The van der Waals surface area contributed by atoms with E-state index in [0.717, 1.165) is 11.8 Å². The summed E-state index contributed by atoms with van der Waals surface area (Å²) in [6.07, 6.45) is -4.40. The SMILES string of the molecule is Cl.O=C(CN1CCSC1=O)NCC(N1CCNCC1)C(F)(F)F. The van der Waals surface area contributed by atoms with E-state index in [1.165, 1.54) is 9.80 Å². The lowest BCUT2D eigenvalue weighted by Crippen LogP contribution is -2.58. The monoisotopic (exact) mass is 376 g/mol. The number of hydrogen-bond acceptors (Lipinski definition) is 5. The summed E-state index contributed by atoms with van der Waals surface area (Å²) in [6, 6.07) is -1.69. The predicted molar refractivity (Wildman–Crippen MR) is 84.0 cm³/mol. The number of piperazine rings is 1. The molecule has 0 aromatic heterocycles. The van der Waals surface area contributed by atoms with Gasteiger partial charge in [-0.1, -0.05) is 11.8 Å². The van der Waals surface area contributed by atoms with Gasteiger partial charge < -0.3 is 15.5 Å². The predicted octanol–water partition coefficient (Wildman–Crippen LogP) is 0.529. The van der Waals surface area contributed by atoms with Crippen LogP contribution in [0.4, 0.5) is 18.0 Å². The van der Waals surface area contributed by atoms with Crippen LogP contribution in [0, 0.1) is 0 Å². The van der Waals surface area contributed by atoms with Crippen molar-refractivity contribution >= 4 is 35.3 Å². The highest BCUT2D eigenvalue weighted by atomic mass is 35.5. The van der Waals surface area contributed by atoms with Gasteiger partial charge in [0.1, 0.15) is 12.6 Å². The van der Waals surface area contributed by atoms with Crippen LogP contribution in [0.25, 0.3) is 0 Å². The van der Waals surface area contributed by atoms with Crippen molar-refractivity contribution in [1.82, 2.24) is 20.4 Å². The Morgan fingerprint density at radius 1 is 1.30 bits per heavy atom. The number of carbonyl (C=O) groups excluding carboxylic acids is 2. The number of hydrogen-bond donors (Lipinski definition) is 2. The number of thioether (sulfide) groups is 1. The first kappa shape index (κ1) is 20.3. The van der Waals surface area contributed by atoms with E-state index in [1.807, 2.05) is 0 Å². The molecule has 1 atom stereocenters. The molecule has 2 rings (SSSR count). The summed E-state index contributed by atoms with van der Waals surface area (Å²) in [5.74, 6) is 0.0539. The molecular formula is C12H20ClF3N4O2S. The molecule has 2 aliphatic heterocycles. The Hall–Kier alpha value is -0.710. The third-order valence-electron chi connectivity index (χ3n) is 3.64. The smallest absolute Gasteiger partial charge is 0.353 e. The van der Waals surface area contributed by atoms with E-state index in [4.69, 9.17) is 0 Å². The Bertz CT molecular complexity index is 422. The molecule has 2 aliphatic rings. The second kappa shape index (κ2) is 8.95. The van der Waals surface area contributed by atoms with Gasteiger partial charge in [-0.3, -0.25) is 14.5 Å². The molecule has 2 fully saturated rings. The normalized spacial score (nSPS) is 21.0. The van der Waals surface area contributed by atoms with E-state index in [1.54, 1.807) is 0 Å². The van der Waals surface area contributed by atoms with Crippen LogP contribution in [0.1, 0.15) is 0 Å². The van der Waals surface area contributed by atoms with Crippen molar-refractivity contribution in [3.05, 3.63) is 0 Å². The highest BCUT2D eigenvalue weighted by Gasteiger charge is 2.43. The molecule has 11 heteroatoms. The van der Waals surface area contributed by atoms with Gasteiger partial charge in [0.2, 0.25) is 5.91 Å². The molecule has 0 saturated carbocycles. The third-order valence-corrected chi connectivity index (χ3v) is 4.53. The Kier molecular flexibility index (Phi) is 7.91. The van der Waals surface area contributed by atoms with E-state index in [2.05, 4.69) is 10.6 Å². The molecule has 0 aromatic carbocycles. The van der Waals surface area contributed by atoms with Gasteiger partial charge in [-0.25, -0.2) is 0 Å². The Labute approximate surface area is 142 Å². The average molecular weight is 377 g/mol. The molecule has 0 aromatic rings. The van der Waals surface area contributed by atoms with Crippen LogP contribution in [0.3, 0.4) is 0 Å². The lowest BCUT2D eigenvalue weighted by molar-refractivity contribution is -0.184. The first-order valence-corrected chi connectivity index (χ1v) is 8.06. The van der Waals surface area contributed by atoms with Crippen LogP contribution in [0.2, 0.25) is 0 Å². The lowest BCUT2D eigenvalue weighted by Gasteiger charge is -2.36. The maximum absolute atomic E-state index is 13.1. The van der Waals surface area contributed by atoms with Crippen molar-refractivity contribution in [2.24, 2.45) is 0 Å². The highest BCUT2D eigenvalue weighted by molar-refractivity contribution is 8.13. The standard InChI is InChI=1S/C12H19F3N4O2S.ClH/c13-12(14,15)9(18-3-1-16-2-4-18)7-17-10(20)8-19-5-6-22-11(19)21;/h9,16H,1-8H2,(H,17,20);1H. The van der Waals surface area contributed by atoms with E-state index in [-0.39, 0.29) is 24.2 Å². The van der Waals surface area contributed by atoms with Gasteiger partial charge in [0.25, 0.3) is 5.24 Å². The molecular weight excluding hydrogens is 357 g/mol. The summed E-state index contributed by atoms with van der Waals surface area (Å²) in [4.78, 5) is 25.8. The summed E-state index contributed by atoms with van der Waals surface area (Å²) in [5, 5.41) is 5.10. The Morgan fingerprint density at radius 3 is 2.48 bits per heavy atom. The van der Waals surface area contributed by atoms with E-state index in [0.29, 0.717) is 38.5 Å². The maximum atomic E-state index is 13.1. The zero-order valence-corrected chi connectivity index (χ0v) is 14.0. The molecule has 23 heavy (non-hydrogen) atoms. The van der Waals surface area contributed by atoms with Crippen LogP contribution in [0.15, 0.2) is 0 Å². The van der Waals surface area contributed by atoms with Crippen molar-refractivity contribution in [1.29, 1.82) is 0 Å². The van der Waals surface area contributed by atoms with E-state index in [9.17, 15) is 22.8 Å². The second-order valence-corrected chi connectivity index (χ2v) is 6.23. The van der Waals surface area contributed by atoms with Gasteiger partial charge in [0.05, 0.1) is 0 Å². The van der Waals surface area contributed by atoms with Crippen LogP contribution in [-0.4, -0.2) is 84.7 Å². The summed E-state index contributed by atoms with van der Waals surface area (Å²) < 4.78 is 39.4. The van der Waals surface area contributed by atoms with Crippen LogP contribution >= 0.6 is 24.2 Å². The van der Waals surface area contributed by atoms with Crippen molar-refractivity contribution in [3.8, 4) is 0 Å². The van der Waals surface area contributed by atoms with Crippen molar-refractivity contribution < 1.29 is 22.8 Å². The molecule has 6 nitrogen and oxygen atoms in total. The molecule has 2 N–H and O–H groups in total. The number of nitrogens with one attached hydrogen (secondary N) is 2. The van der Waals surface area contributed by atoms with Gasteiger partial charge >= 0.3 is 6.18 Å². The number of rotatable bonds is 5. The molecule has 0 bridgehead atoms. The largest absolute Gasteiger partial charge is 0.405 e. The quantitative estimate of drug-likeness (QED) is 0.733. The minimum atomic E-state index is -4.40. The van der Waals surface area contributed by atoms with Crippen molar-refractivity contribution in [3.63, 3.8) is 0 Å². The van der Waals surface area contributed by atoms with Gasteiger partial charge in [-0.05, 0) is 0 Å². The fraction of sp³-hybridized carbons (Fsp3) is 0.833. The van der Waals surface area contributed by atoms with Gasteiger partial charge in [0, 0.05) is 45.0 Å². The topological polar surface area (TPSA) is 64.7 Å². The van der Waals surface area contributed by atoms with Crippen LogP contribution < -0.4 is 10.6 Å².